The van der Waals surface area contributed by atoms with Crippen molar-refractivity contribution in [2.45, 2.75) is 71.4 Å². The predicted molar refractivity (Wildman–Crippen MR) is 72.4 cm³/mol. The lowest BCUT2D eigenvalue weighted by molar-refractivity contribution is 0.0476. The monoisotopic (exact) mass is 253 g/mol. The smallest absolute Gasteiger partial charge is 0.407 e. The molecule has 2 saturated carbocycles. The summed E-state index contributed by atoms with van der Waals surface area (Å²) in [6, 6.07) is 0.239. The van der Waals surface area contributed by atoms with Crippen LogP contribution in [-0.2, 0) is 4.74 Å². The molecule has 0 aromatic carbocycles. The lowest BCUT2D eigenvalue weighted by Gasteiger charge is -2.33. The summed E-state index contributed by atoms with van der Waals surface area (Å²) >= 11 is 0. The first kappa shape index (κ1) is 13.7. The summed E-state index contributed by atoms with van der Waals surface area (Å²) in [5, 5.41) is 3.01. The van der Waals surface area contributed by atoms with Gasteiger partial charge in [-0.25, -0.2) is 4.79 Å². The van der Waals surface area contributed by atoms with Gasteiger partial charge < -0.3 is 10.1 Å². The Morgan fingerprint density at radius 3 is 2.22 bits per heavy atom. The van der Waals surface area contributed by atoms with Crippen LogP contribution in [0.4, 0.5) is 4.79 Å². The highest BCUT2D eigenvalue weighted by atomic mass is 16.6. The number of hydrogen-bond donors (Lipinski definition) is 1. The minimum Gasteiger partial charge on any atom is -0.444 e. The molecular weight excluding hydrogens is 226 g/mol. The van der Waals surface area contributed by atoms with E-state index in [-0.39, 0.29) is 12.1 Å². The van der Waals surface area contributed by atoms with E-state index in [0.29, 0.717) is 5.92 Å². The molecule has 0 aliphatic heterocycles. The van der Waals surface area contributed by atoms with Gasteiger partial charge in [-0.05, 0) is 64.7 Å². The molecule has 2 fully saturated rings. The molecule has 3 nitrogen and oxygen atoms in total. The second-order valence-corrected chi connectivity index (χ2v) is 7.21. The molecule has 0 radical (unpaired) electrons. The summed E-state index contributed by atoms with van der Waals surface area (Å²) in [4.78, 5) is 11.8. The van der Waals surface area contributed by atoms with Crippen molar-refractivity contribution in [2.75, 3.05) is 0 Å². The van der Waals surface area contributed by atoms with E-state index in [4.69, 9.17) is 4.74 Å². The molecule has 0 saturated heterocycles. The maximum atomic E-state index is 11.8. The van der Waals surface area contributed by atoms with Crippen molar-refractivity contribution in [3.8, 4) is 0 Å². The van der Waals surface area contributed by atoms with Gasteiger partial charge in [-0.3, -0.25) is 0 Å². The van der Waals surface area contributed by atoms with E-state index in [2.05, 4.69) is 12.2 Å². The number of hydrogen-bond acceptors (Lipinski definition) is 2. The fraction of sp³-hybridized carbons (Fsp3) is 0.933. The first-order chi connectivity index (χ1) is 8.33. The Morgan fingerprint density at radius 2 is 1.72 bits per heavy atom. The van der Waals surface area contributed by atoms with Crippen molar-refractivity contribution in [3.63, 3.8) is 0 Å². The number of amides is 1. The van der Waals surface area contributed by atoms with Crippen molar-refractivity contribution in [1.82, 2.24) is 5.32 Å². The Balaban J connectivity index is 1.81. The molecule has 104 valence electrons. The van der Waals surface area contributed by atoms with Gasteiger partial charge in [-0.15, -0.1) is 0 Å². The third-order valence-electron chi connectivity index (χ3n) is 4.37. The van der Waals surface area contributed by atoms with Crippen molar-refractivity contribution in [3.05, 3.63) is 0 Å². The molecule has 2 unspecified atom stereocenters. The van der Waals surface area contributed by atoms with Gasteiger partial charge in [-0.1, -0.05) is 12.8 Å². The van der Waals surface area contributed by atoms with Gasteiger partial charge >= 0.3 is 6.09 Å². The fourth-order valence-corrected chi connectivity index (χ4v) is 3.58. The molecule has 0 spiro atoms. The van der Waals surface area contributed by atoms with Crippen molar-refractivity contribution < 1.29 is 9.53 Å². The van der Waals surface area contributed by atoms with Crippen molar-refractivity contribution >= 4 is 6.09 Å². The first-order valence-electron chi connectivity index (χ1n) is 7.33. The Hall–Kier alpha value is -0.730. The van der Waals surface area contributed by atoms with Crippen LogP contribution in [0.25, 0.3) is 0 Å². The van der Waals surface area contributed by atoms with Gasteiger partial charge in [0, 0.05) is 6.04 Å². The quantitative estimate of drug-likeness (QED) is 0.814. The summed E-state index contributed by atoms with van der Waals surface area (Å²) < 4.78 is 5.32. The number of rotatable bonds is 2. The zero-order valence-corrected chi connectivity index (χ0v) is 12.2. The van der Waals surface area contributed by atoms with E-state index in [9.17, 15) is 4.79 Å². The average molecular weight is 253 g/mol. The lowest BCUT2D eigenvalue weighted by atomic mass is 9.78. The third kappa shape index (κ3) is 3.63. The molecule has 2 rings (SSSR count). The highest BCUT2D eigenvalue weighted by Gasteiger charge is 2.36. The topological polar surface area (TPSA) is 38.3 Å². The molecular formula is C15H27NO2. The van der Waals surface area contributed by atoms with Gasteiger partial charge in [0.2, 0.25) is 0 Å². The van der Waals surface area contributed by atoms with Crippen molar-refractivity contribution in [1.29, 1.82) is 0 Å². The van der Waals surface area contributed by atoms with Gasteiger partial charge in [0.25, 0.3) is 0 Å². The largest absolute Gasteiger partial charge is 0.444 e. The normalized spacial score (nSPS) is 33.0. The molecule has 2 aliphatic carbocycles. The number of fused-ring (bicyclic) bond motifs is 2. The van der Waals surface area contributed by atoms with E-state index in [1.54, 1.807) is 0 Å². The minimum absolute atomic E-state index is 0.239. The highest BCUT2D eigenvalue weighted by Crippen LogP contribution is 2.45. The third-order valence-corrected chi connectivity index (χ3v) is 4.37. The van der Waals surface area contributed by atoms with Crippen LogP contribution in [-0.4, -0.2) is 17.7 Å². The zero-order valence-electron chi connectivity index (χ0n) is 12.2. The van der Waals surface area contributed by atoms with E-state index in [1.807, 2.05) is 20.8 Å². The van der Waals surface area contributed by atoms with Crippen LogP contribution in [0, 0.1) is 17.8 Å². The average Bonchev–Trinajstić information content (AvgIpc) is 2.54. The molecule has 0 heterocycles. The van der Waals surface area contributed by atoms with Crippen molar-refractivity contribution in [2.24, 2.45) is 17.8 Å². The number of carbonyl (C=O) groups is 1. The van der Waals surface area contributed by atoms with Crippen LogP contribution in [0.5, 0.6) is 0 Å². The van der Waals surface area contributed by atoms with Crippen LogP contribution >= 0.6 is 0 Å². The number of ether oxygens (including phenoxy) is 1. The Bertz CT molecular complexity index is 296. The number of nitrogens with one attached hydrogen (secondary N) is 1. The molecule has 1 N–H and O–H groups in total. The first-order valence-corrected chi connectivity index (χ1v) is 7.33. The van der Waals surface area contributed by atoms with Gasteiger partial charge in [0.15, 0.2) is 0 Å². The standard InChI is InChI=1S/C15H27NO2/c1-10(16-14(17)18-15(2,3)4)13-8-11-5-6-12(7-11)9-13/h10-13H,5-9H2,1-4H3,(H,16,17)/t10-,11?,12?,13?/m1/s1. The Kier molecular flexibility index (Phi) is 3.88. The summed E-state index contributed by atoms with van der Waals surface area (Å²) in [5.74, 6) is 2.47. The molecule has 3 atom stereocenters. The minimum atomic E-state index is -0.407. The van der Waals surface area contributed by atoms with E-state index in [1.165, 1.54) is 32.1 Å². The molecule has 3 heteroatoms. The lowest BCUT2D eigenvalue weighted by Crippen LogP contribution is -2.42. The van der Waals surface area contributed by atoms with E-state index < -0.39 is 5.60 Å². The zero-order chi connectivity index (χ0) is 13.3. The van der Waals surface area contributed by atoms with Crippen LogP contribution < -0.4 is 5.32 Å². The molecule has 0 aromatic heterocycles. The molecule has 0 aromatic rings. The SMILES string of the molecule is C[C@@H](NC(=O)OC(C)(C)C)C1CC2CCC(C2)C1. The summed E-state index contributed by atoms with van der Waals surface area (Å²) in [6.07, 6.45) is 6.53. The van der Waals surface area contributed by atoms with Gasteiger partial charge in [-0.2, -0.15) is 0 Å². The van der Waals surface area contributed by atoms with Crippen LogP contribution in [0.1, 0.15) is 59.8 Å². The van der Waals surface area contributed by atoms with E-state index in [0.717, 1.165) is 11.8 Å². The van der Waals surface area contributed by atoms with Crippen LogP contribution in [0.15, 0.2) is 0 Å². The fourth-order valence-electron chi connectivity index (χ4n) is 3.58. The maximum absolute atomic E-state index is 11.8. The van der Waals surface area contributed by atoms with Gasteiger partial charge in [0.05, 0.1) is 0 Å². The Morgan fingerprint density at radius 1 is 1.17 bits per heavy atom. The maximum Gasteiger partial charge on any atom is 0.407 e. The molecule has 18 heavy (non-hydrogen) atoms. The molecule has 1 amide bonds. The molecule has 2 aliphatic rings. The second kappa shape index (κ2) is 5.10. The second-order valence-electron chi connectivity index (χ2n) is 7.21. The Labute approximate surface area is 111 Å². The van der Waals surface area contributed by atoms with Gasteiger partial charge in [0.1, 0.15) is 5.60 Å². The molecule has 2 bridgehead atoms. The van der Waals surface area contributed by atoms with Crippen LogP contribution in [0.2, 0.25) is 0 Å². The van der Waals surface area contributed by atoms with E-state index >= 15 is 0 Å². The number of carbonyl (C=O) groups excluding carboxylic acids is 1. The summed E-state index contributed by atoms with van der Waals surface area (Å²) in [7, 11) is 0. The summed E-state index contributed by atoms with van der Waals surface area (Å²) in [6.45, 7) is 7.83. The predicted octanol–water partition coefficient (Wildman–Crippen LogP) is 3.73. The highest BCUT2D eigenvalue weighted by molar-refractivity contribution is 5.68. The number of alkyl carbamates (subject to hydrolysis) is 1. The summed E-state index contributed by atoms with van der Waals surface area (Å²) in [5.41, 5.74) is -0.407. The van der Waals surface area contributed by atoms with Crippen LogP contribution in [0.3, 0.4) is 0 Å².